The van der Waals surface area contributed by atoms with Crippen molar-refractivity contribution in [3.8, 4) is 0 Å². The second-order valence-electron chi connectivity index (χ2n) is 2.68. The number of H-pyrrole nitrogens is 2. The fourth-order valence-corrected chi connectivity index (χ4v) is 1.09. The van der Waals surface area contributed by atoms with Crippen LogP contribution < -0.4 is 5.69 Å². The molecule has 2 aromatic heterocycles. The van der Waals surface area contributed by atoms with E-state index >= 15 is 0 Å². The highest BCUT2D eigenvalue weighted by atomic mass is 16.1. The molecule has 0 saturated heterocycles. The molecule has 0 unspecified atom stereocenters. The summed E-state index contributed by atoms with van der Waals surface area (Å²) in [6.45, 7) is 0.609. The third kappa shape index (κ3) is 1.66. The van der Waals surface area contributed by atoms with Gasteiger partial charge in [0.2, 0.25) is 0 Å². The van der Waals surface area contributed by atoms with Gasteiger partial charge in [-0.1, -0.05) is 0 Å². The monoisotopic (exact) mass is 179 g/mol. The van der Waals surface area contributed by atoms with Crippen molar-refractivity contribution in [2.24, 2.45) is 0 Å². The van der Waals surface area contributed by atoms with Crippen LogP contribution >= 0.6 is 0 Å². The van der Waals surface area contributed by atoms with E-state index in [1.807, 2.05) is 0 Å². The van der Waals surface area contributed by atoms with Crippen molar-refractivity contribution >= 4 is 0 Å². The lowest BCUT2D eigenvalue weighted by atomic mass is 10.3. The molecular formula is C7H9N5O. The smallest absolute Gasteiger partial charge is 0.343 e. The van der Waals surface area contributed by atoms with Crippen LogP contribution in [0.3, 0.4) is 0 Å². The largest absolute Gasteiger partial charge is 0.348 e. The lowest BCUT2D eigenvalue weighted by molar-refractivity contribution is 0.663. The van der Waals surface area contributed by atoms with Crippen molar-refractivity contribution in [1.29, 1.82) is 0 Å². The molecule has 2 rings (SSSR count). The van der Waals surface area contributed by atoms with Crippen molar-refractivity contribution in [1.82, 2.24) is 24.7 Å². The van der Waals surface area contributed by atoms with Gasteiger partial charge in [0, 0.05) is 24.9 Å². The first-order chi connectivity index (χ1) is 6.36. The van der Waals surface area contributed by atoms with E-state index in [2.05, 4.69) is 20.2 Å². The zero-order chi connectivity index (χ0) is 9.10. The second kappa shape index (κ2) is 3.26. The van der Waals surface area contributed by atoms with Crippen LogP contribution in [-0.4, -0.2) is 24.7 Å². The highest BCUT2D eigenvalue weighted by molar-refractivity contribution is 4.93. The van der Waals surface area contributed by atoms with Crippen LogP contribution in [0.15, 0.2) is 23.6 Å². The fourth-order valence-electron chi connectivity index (χ4n) is 1.09. The number of hydrogen-bond acceptors (Lipinski definition) is 3. The highest BCUT2D eigenvalue weighted by Crippen LogP contribution is 1.93. The summed E-state index contributed by atoms with van der Waals surface area (Å²) < 4.78 is 1.51. The van der Waals surface area contributed by atoms with Crippen molar-refractivity contribution < 1.29 is 0 Å². The molecule has 0 bridgehead atoms. The quantitative estimate of drug-likeness (QED) is 0.669. The number of aryl methyl sites for hydroxylation is 2. The molecule has 68 valence electrons. The molecule has 0 spiro atoms. The van der Waals surface area contributed by atoms with Crippen molar-refractivity contribution in [3.05, 3.63) is 35.0 Å². The second-order valence-corrected chi connectivity index (χ2v) is 2.68. The minimum atomic E-state index is -0.181. The maximum absolute atomic E-state index is 11.0. The van der Waals surface area contributed by atoms with Crippen LogP contribution in [-0.2, 0) is 13.0 Å². The molecule has 0 atom stereocenters. The number of nitrogens with one attached hydrogen (secondary N) is 2. The Bertz CT molecular complexity index is 412. The summed E-state index contributed by atoms with van der Waals surface area (Å²) in [6.07, 6.45) is 5.59. The number of imidazole rings is 1. The van der Waals surface area contributed by atoms with Crippen LogP contribution in [0.2, 0.25) is 0 Å². The molecular weight excluding hydrogens is 170 g/mol. The average molecular weight is 179 g/mol. The number of hydrogen-bond donors (Lipinski definition) is 2. The Morgan fingerprint density at radius 3 is 3.08 bits per heavy atom. The summed E-state index contributed by atoms with van der Waals surface area (Å²) in [6, 6.07) is 0. The van der Waals surface area contributed by atoms with E-state index < -0.39 is 0 Å². The minimum Gasteiger partial charge on any atom is -0.348 e. The molecule has 2 aromatic rings. The molecule has 0 fully saturated rings. The normalized spacial score (nSPS) is 10.5. The van der Waals surface area contributed by atoms with Crippen molar-refractivity contribution in [3.63, 3.8) is 0 Å². The standard InChI is InChI=1S/C7H9N5O/c13-7-11-10-5-12(7)2-1-6-3-8-4-9-6/h3-5H,1-2H2,(H,8,9)(H,11,13). The highest BCUT2D eigenvalue weighted by Gasteiger charge is 1.98. The SMILES string of the molecule is O=c1[nH]ncn1CCc1cnc[nH]1. The Morgan fingerprint density at radius 2 is 2.46 bits per heavy atom. The van der Waals surface area contributed by atoms with Gasteiger partial charge >= 0.3 is 5.69 Å². The summed E-state index contributed by atoms with van der Waals surface area (Å²) in [5.74, 6) is 0. The Balaban J connectivity index is 2.01. The van der Waals surface area contributed by atoms with Crippen LogP contribution in [0.1, 0.15) is 5.69 Å². The molecule has 0 aliphatic carbocycles. The van der Waals surface area contributed by atoms with Gasteiger partial charge in [-0.3, -0.25) is 4.57 Å². The van der Waals surface area contributed by atoms with Crippen LogP contribution in [0.25, 0.3) is 0 Å². The van der Waals surface area contributed by atoms with Gasteiger partial charge in [0.1, 0.15) is 6.33 Å². The number of aromatic nitrogens is 5. The van der Waals surface area contributed by atoms with Crippen LogP contribution in [0.4, 0.5) is 0 Å². The number of nitrogens with zero attached hydrogens (tertiary/aromatic N) is 3. The molecule has 0 aliphatic rings. The summed E-state index contributed by atoms with van der Waals surface area (Å²) in [5.41, 5.74) is 0.826. The van der Waals surface area contributed by atoms with Gasteiger partial charge in [-0.05, 0) is 0 Å². The molecule has 13 heavy (non-hydrogen) atoms. The first kappa shape index (κ1) is 7.78. The van der Waals surface area contributed by atoms with Gasteiger partial charge in [0.25, 0.3) is 0 Å². The third-order valence-electron chi connectivity index (χ3n) is 1.80. The third-order valence-corrected chi connectivity index (χ3v) is 1.80. The van der Waals surface area contributed by atoms with E-state index in [1.165, 1.54) is 10.9 Å². The van der Waals surface area contributed by atoms with E-state index in [0.29, 0.717) is 6.54 Å². The van der Waals surface area contributed by atoms with E-state index in [0.717, 1.165) is 12.1 Å². The Kier molecular flexibility index (Phi) is 1.95. The first-order valence-electron chi connectivity index (χ1n) is 3.93. The summed E-state index contributed by atoms with van der Waals surface area (Å²) >= 11 is 0. The molecule has 2 heterocycles. The Labute approximate surface area is 73.6 Å². The molecule has 0 radical (unpaired) electrons. The van der Waals surface area contributed by atoms with E-state index in [9.17, 15) is 4.79 Å². The van der Waals surface area contributed by atoms with Gasteiger partial charge in [0.05, 0.1) is 6.33 Å². The lowest BCUT2D eigenvalue weighted by Gasteiger charge is -1.96. The maximum Gasteiger partial charge on any atom is 0.343 e. The van der Waals surface area contributed by atoms with E-state index in [-0.39, 0.29) is 5.69 Å². The molecule has 0 aliphatic heterocycles. The predicted octanol–water partition coefficient (Wildman–Crippen LogP) is -0.463. The number of aromatic amines is 2. The van der Waals surface area contributed by atoms with Gasteiger partial charge in [-0.15, -0.1) is 0 Å². The summed E-state index contributed by atoms with van der Waals surface area (Å²) in [7, 11) is 0. The molecule has 6 heteroatoms. The molecule has 0 saturated carbocycles. The van der Waals surface area contributed by atoms with Crippen LogP contribution in [0, 0.1) is 0 Å². The van der Waals surface area contributed by atoms with Gasteiger partial charge < -0.3 is 4.98 Å². The lowest BCUT2D eigenvalue weighted by Crippen LogP contribution is -2.17. The van der Waals surface area contributed by atoms with E-state index in [4.69, 9.17) is 0 Å². The van der Waals surface area contributed by atoms with Gasteiger partial charge in [0.15, 0.2) is 0 Å². The van der Waals surface area contributed by atoms with E-state index in [1.54, 1.807) is 12.5 Å². The average Bonchev–Trinajstić information content (AvgIpc) is 2.72. The summed E-state index contributed by atoms with van der Waals surface area (Å²) in [4.78, 5) is 17.8. The molecule has 0 aromatic carbocycles. The predicted molar refractivity (Wildman–Crippen MR) is 45.1 cm³/mol. The van der Waals surface area contributed by atoms with Crippen LogP contribution in [0.5, 0.6) is 0 Å². The Morgan fingerprint density at radius 1 is 1.54 bits per heavy atom. The zero-order valence-electron chi connectivity index (χ0n) is 6.90. The summed E-state index contributed by atoms with van der Waals surface area (Å²) in [5, 5.41) is 5.95. The zero-order valence-corrected chi connectivity index (χ0v) is 6.90. The molecule has 6 nitrogen and oxygen atoms in total. The van der Waals surface area contributed by atoms with Gasteiger partial charge in [-0.25, -0.2) is 14.9 Å². The Hall–Kier alpha value is -1.85. The molecule has 0 amide bonds. The molecule has 2 N–H and O–H groups in total. The van der Waals surface area contributed by atoms with Crippen molar-refractivity contribution in [2.45, 2.75) is 13.0 Å². The minimum absolute atomic E-state index is 0.181. The fraction of sp³-hybridized carbons (Fsp3) is 0.286. The number of rotatable bonds is 3. The van der Waals surface area contributed by atoms with Gasteiger partial charge in [-0.2, -0.15) is 5.10 Å². The van der Waals surface area contributed by atoms with Crippen molar-refractivity contribution in [2.75, 3.05) is 0 Å². The first-order valence-corrected chi connectivity index (χ1v) is 3.93. The topological polar surface area (TPSA) is 79.4 Å². The maximum atomic E-state index is 11.0.